The lowest BCUT2D eigenvalue weighted by Crippen LogP contribution is -2.67. The summed E-state index contributed by atoms with van der Waals surface area (Å²) in [6, 6.07) is 32.6. The van der Waals surface area contributed by atoms with E-state index in [1.165, 1.54) is 0 Å². The number of alkyl halides is 2. The Hall–Kier alpha value is -6.78. The summed E-state index contributed by atoms with van der Waals surface area (Å²) >= 11 is 1.96. The molecule has 0 radical (unpaired) electrons. The van der Waals surface area contributed by atoms with Crippen molar-refractivity contribution in [1.82, 2.24) is 24.8 Å². The van der Waals surface area contributed by atoms with Gasteiger partial charge in [-0.1, -0.05) is 106 Å². The molecular weight excluding hydrogens is 1200 g/mol. The molecule has 2 bridgehead atoms. The molecule has 14 nitrogen and oxygen atoms in total. The van der Waals surface area contributed by atoms with E-state index in [1.54, 1.807) is 30.9 Å². The molecule has 6 heterocycles. The fourth-order valence-electron chi connectivity index (χ4n) is 12.4. The predicted octanol–water partition coefficient (Wildman–Crippen LogP) is 12.2. The molecule has 83 heavy (non-hydrogen) atoms. The molecule has 7 aromatic rings. The number of aromatic nitrogens is 4. The lowest BCUT2D eigenvalue weighted by molar-refractivity contribution is 0.000789. The van der Waals surface area contributed by atoms with Crippen molar-refractivity contribution in [3.05, 3.63) is 141 Å². The van der Waals surface area contributed by atoms with Crippen LogP contribution >= 0.6 is 22.6 Å². The molecule has 3 aromatic heterocycles. The van der Waals surface area contributed by atoms with E-state index < -0.39 is 84.9 Å². The Bertz CT molecular complexity index is 3470. The highest BCUT2D eigenvalue weighted by atomic mass is 127. The number of piperazine rings is 1. The number of amides is 1. The molecule has 2 saturated heterocycles. The van der Waals surface area contributed by atoms with Gasteiger partial charge in [-0.05, 0) is 121 Å². The molecule has 0 spiro atoms. The van der Waals surface area contributed by atoms with Crippen LogP contribution < -0.4 is 39.1 Å². The van der Waals surface area contributed by atoms with Crippen LogP contribution in [0.1, 0.15) is 84.5 Å². The van der Waals surface area contributed by atoms with Gasteiger partial charge in [0.25, 0.3) is 14.2 Å². The number of anilines is 2. The van der Waals surface area contributed by atoms with Gasteiger partial charge in [-0.25, -0.2) is 32.3 Å². The molecule has 1 aliphatic carbocycles. The third-order valence-corrected chi connectivity index (χ3v) is 22.9. The highest BCUT2D eigenvalue weighted by Gasteiger charge is 2.73. The van der Waals surface area contributed by atoms with Crippen LogP contribution in [0, 0.1) is 27.5 Å². The molecular formula is C63H68F4IN7O7Si. The van der Waals surface area contributed by atoms with Gasteiger partial charge in [0.05, 0.1) is 49.0 Å². The van der Waals surface area contributed by atoms with E-state index >= 15 is 17.6 Å². The Morgan fingerprint density at radius 3 is 1.90 bits per heavy atom. The van der Waals surface area contributed by atoms with E-state index in [2.05, 4.69) is 20.8 Å². The van der Waals surface area contributed by atoms with Gasteiger partial charge >= 0.3 is 12.1 Å². The molecule has 4 aromatic carbocycles. The number of nitrogens with zero attached hydrogens (tertiary/aromatic N) is 7. The number of halogens is 5. The maximum absolute atomic E-state index is 18.4. The minimum absolute atomic E-state index is 0.0651. The minimum Gasteiger partial charge on any atom is -0.497 e. The number of pyridine rings is 2. The van der Waals surface area contributed by atoms with Crippen LogP contribution in [0.4, 0.5) is 34.0 Å². The van der Waals surface area contributed by atoms with Crippen molar-refractivity contribution in [2.75, 3.05) is 43.8 Å². The fourth-order valence-corrected chi connectivity index (χ4v) is 17.6. The number of rotatable bonds is 16. The van der Waals surface area contributed by atoms with Gasteiger partial charge in [0.2, 0.25) is 5.88 Å². The van der Waals surface area contributed by atoms with E-state index in [0.29, 0.717) is 30.0 Å². The first-order valence-corrected chi connectivity index (χ1v) is 30.9. The Labute approximate surface area is 496 Å². The topological polar surface area (TPSA) is 134 Å². The highest BCUT2D eigenvalue weighted by molar-refractivity contribution is 14.1. The Balaban J connectivity index is 1.03. The van der Waals surface area contributed by atoms with Crippen LogP contribution in [0.15, 0.2) is 109 Å². The zero-order valence-electron chi connectivity index (χ0n) is 48.2. The zero-order valence-corrected chi connectivity index (χ0v) is 51.4. The minimum atomic E-state index is -3.31. The van der Waals surface area contributed by atoms with Crippen molar-refractivity contribution in [1.29, 1.82) is 0 Å². The van der Waals surface area contributed by atoms with Crippen LogP contribution in [0.25, 0.3) is 22.2 Å². The second-order valence-corrected chi connectivity index (χ2v) is 29.6. The van der Waals surface area contributed by atoms with Gasteiger partial charge in [-0.2, -0.15) is 9.97 Å². The third-order valence-electron chi connectivity index (χ3n) is 16.6. The SMILES string of the molecule is COc1ccc(CN(Cc2ccc(OC)cc2)c2nc(C)c(I)c(-c3nc4c5c(nc(OCC6(CO[Si](c7ccccc7)(c7ccccc7)C(C)(C)C)CC6(F)F)nc5c3F)N3C[C@H]5CC[C@@H]([C@H]3[C@H](C)O4)N5C(=O)OC(C)(C)C)c2F)cc1. The van der Waals surface area contributed by atoms with Crippen molar-refractivity contribution in [3.63, 3.8) is 0 Å². The Kier molecular flexibility index (Phi) is 15.4. The molecule has 436 valence electrons. The number of carbonyl (C=O) groups is 1. The van der Waals surface area contributed by atoms with Crippen LogP contribution in [0.5, 0.6) is 23.4 Å². The first-order valence-electron chi connectivity index (χ1n) is 27.9. The van der Waals surface area contributed by atoms with Gasteiger partial charge < -0.3 is 37.9 Å². The van der Waals surface area contributed by atoms with Crippen molar-refractivity contribution in [3.8, 4) is 34.6 Å². The van der Waals surface area contributed by atoms with Gasteiger partial charge in [0.15, 0.2) is 17.5 Å². The smallest absolute Gasteiger partial charge is 0.410 e. The molecule has 5 atom stereocenters. The standard InChI is InChI=1S/C63H68F4IN7O7Si/c1-37-51(68)47(49(64)56(69-37)73(31-39-21-26-42(77-9)27-22-39)32-40-23-28-43(78-10)29-24-40)52-50(65)53-48-55(74-33-41-25-30-46(54(74)38(2)81-57(48)70-52)75(41)59(76)82-60(3,4)5)72-58(71-53)79-35-62(34-63(62,66)67)36-80-83(61(6,7)8,44-17-13-11-14-18-44)45-19-15-12-16-20-45/h11-24,26-29,38,41,46,54H,25,30-36H2,1-10H3/t38-,41+,46-,54+,62?/m0/s1. The predicted molar refractivity (Wildman–Crippen MR) is 321 cm³/mol. The molecule has 1 amide bonds. The van der Waals surface area contributed by atoms with Crippen molar-refractivity contribution >= 4 is 69.9 Å². The van der Waals surface area contributed by atoms with E-state index in [4.69, 9.17) is 48.0 Å². The number of methoxy groups -OCH3 is 2. The van der Waals surface area contributed by atoms with Crippen molar-refractivity contribution < 1.29 is 50.5 Å². The van der Waals surface area contributed by atoms with E-state index in [1.807, 2.05) is 164 Å². The van der Waals surface area contributed by atoms with Crippen molar-refractivity contribution in [2.45, 2.75) is 129 Å². The zero-order chi connectivity index (χ0) is 59.0. The normalized spacial score (nSPS) is 20.8. The summed E-state index contributed by atoms with van der Waals surface area (Å²) in [6.07, 6.45) is -0.511. The first-order chi connectivity index (χ1) is 39.5. The van der Waals surface area contributed by atoms with E-state index in [9.17, 15) is 4.79 Å². The van der Waals surface area contributed by atoms with Gasteiger partial charge in [-0.3, -0.25) is 4.90 Å². The largest absolute Gasteiger partial charge is 0.497 e. The quantitative estimate of drug-likeness (QED) is 0.0517. The van der Waals surface area contributed by atoms with Crippen LogP contribution in [-0.4, -0.2) is 109 Å². The molecule has 20 heteroatoms. The number of fused-ring (bicyclic) bond motifs is 5. The molecule has 0 N–H and O–H groups in total. The lowest BCUT2D eigenvalue weighted by atomic mass is 9.98. The number of hydrogen-bond donors (Lipinski definition) is 0. The molecule has 3 aliphatic heterocycles. The number of aryl methyl sites for hydroxylation is 1. The number of ether oxygens (including phenoxy) is 5. The molecule has 11 rings (SSSR count). The maximum Gasteiger partial charge on any atom is 0.410 e. The fraction of sp³-hybridized carbons (Fsp3) is 0.413. The maximum atomic E-state index is 18.4. The van der Waals surface area contributed by atoms with Crippen LogP contribution in [0.3, 0.4) is 0 Å². The second-order valence-electron chi connectivity index (χ2n) is 24.3. The summed E-state index contributed by atoms with van der Waals surface area (Å²) in [4.78, 5) is 39.0. The van der Waals surface area contributed by atoms with Crippen LogP contribution in [-0.2, 0) is 22.3 Å². The number of benzene rings is 4. The van der Waals surface area contributed by atoms with Gasteiger partial charge in [0.1, 0.15) is 52.2 Å². The summed E-state index contributed by atoms with van der Waals surface area (Å²) in [5.41, 5.74) is -1.48. The molecule has 3 fully saturated rings. The summed E-state index contributed by atoms with van der Waals surface area (Å²) in [6.45, 7) is 14.9. The average Bonchev–Trinajstić information content (AvgIpc) is 1.98. The summed E-state index contributed by atoms with van der Waals surface area (Å²) in [5, 5.41) is 1.44. The average molecular weight is 1270 g/mol. The van der Waals surface area contributed by atoms with Crippen molar-refractivity contribution in [2.24, 2.45) is 5.41 Å². The lowest BCUT2D eigenvalue weighted by Gasteiger charge is -2.48. The Morgan fingerprint density at radius 2 is 1.37 bits per heavy atom. The summed E-state index contributed by atoms with van der Waals surface area (Å²) < 4.78 is 107. The highest BCUT2D eigenvalue weighted by Crippen LogP contribution is 2.61. The van der Waals surface area contributed by atoms with Gasteiger partial charge in [-0.15, -0.1) is 0 Å². The summed E-state index contributed by atoms with van der Waals surface area (Å²) in [7, 11) is -0.147. The first kappa shape index (κ1) is 58.0. The Morgan fingerprint density at radius 1 is 0.795 bits per heavy atom. The third kappa shape index (κ3) is 10.7. The number of hydrogen-bond acceptors (Lipinski definition) is 13. The number of carbonyl (C=O) groups excluding carboxylic acids is 1. The van der Waals surface area contributed by atoms with Gasteiger partial charge in [0, 0.05) is 36.2 Å². The monoisotopic (exact) mass is 1270 g/mol. The molecule has 1 unspecified atom stereocenters. The molecule has 1 saturated carbocycles. The van der Waals surface area contributed by atoms with E-state index in [0.717, 1.165) is 21.5 Å². The second kappa shape index (κ2) is 22.0. The van der Waals surface area contributed by atoms with E-state index in [-0.39, 0.29) is 75.8 Å². The van der Waals surface area contributed by atoms with Crippen LogP contribution in [0.2, 0.25) is 5.04 Å². The summed E-state index contributed by atoms with van der Waals surface area (Å²) in [5.74, 6) is -3.75. The molecule has 4 aliphatic rings.